The lowest BCUT2D eigenvalue weighted by molar-refractivity contribution is -0.884. The number of rotatable bonds is 14. The Morgan fingerprint density at radius 2 is 1.77 bits per heavy atom. The number of fused-ring (bicyclic) bond motifs is 1. The molecule has 0 spiro atoms. The zero-order valence-electron chi connectivity index (χ0n) is 27.1. The summed E-state index contributed by atoms with van der Waals surface area (Å²) >= 11 is 0. The average molecular weight is 610 g/mol. The van der Waals surface area contributed by atoms with E-state index in [0.717, 1.165) is 40.7 Å². The van der Waals surface area contributed by atoms with Gasteiger partial charge in [-0.05, 0) is 49.6 Å². The Balaban J connectivity index is 1.65. The third-order valence-electron chi connectivity index (χ3n) is 8.63. The fourth-order valence-electron chi connectivity index (χ4n) is 6.50. The van der Waals surface area contributed by atoms with Crippen LogP contribution in [0.2, 0.25) is 0 Å². The van der Waals surface area contributed by atoms with E-state index < -0.39 is 17.9 Å². The number of unbranched alkanes of at least 4 members (excludes halogenated alkanes) is 1. The van der Waals surface area contributed by atoms with Crippen LogP contribution in [0, 0.1) is 5.92 Å². The van der Waals surface area contributed by atoms with E-state index in [1.165, 1.54) is 6.92 Å². The summed E-state index contributed by atoms with van der Waals surface area (Å²) in [5.74, 6) is -0.886. The Labute approximate surface area is 261 Å². The Morgan fingerprint density at radius 3 is 2.43 bits per heavy atom. The molecular weight excluding hydrogens is 560 g/mol. The fourth-order valence-corrected chi connectivity index (χ4v) is 6.50. The molecule has 2 heterocycles. The number of amides is 2. The molecule has 2 aliphatic rings. The monoisotopic (exact) mass is 609 g/mol. The zero-order chi connectivity index (χ0) is 32.0. The summed E-state index contributed by atoms with van der Waals surface area (Å²) in [4.78, 5) is 44.9. The summed E-state index contributed by atoms with van der Waals surface area (Å²) in [5, 5.41) is 10.6. The number of nitrogens with zero attached hydrogens (tertiary/aromatic N) is 4. The molecule has 10 nitrogen and oxygen atoms in total. The lowest BCUT2D eigenvalue weighted by Crippen LogP contribution is -2.46. The minimum Gasteiger partial charge on any atom is -0.481 e. The molecule has 2 amide bonds. The second-order valence-electron chi connectivity index (χ2n) is 13.0. The van der Waals surface area contributed by atoms with Crippen LogP contribution in [0.25, 0.3) is 0 Å². The van der Waals surface area contributed by atoms with Crippen LogP contribution in [-0.4, -0.2) is 104 Å². The minimum absolute atomic E-state index is 0.0492. The van der Waals surface area contributed by atoms with Crippen LogP contribution in [0.15, 0.2) is 42.5 Å². The third kappa shape index (κ3) is 8.09. The van der Waals surface area contributed by atoms with E-state index in [1.54, 1.807) is 4.90 Å². The smallest absolute Gasteiger partial charge is 0.308 e. The molecule has 2 aromatic carbocycles. The van der Waals surface area contributed by atoms with Gasteiger partial charge in [0, 0.05) is 56.3 Å². The first-order chi connectivity index (χ1) is 20.9. The molecule has 2 aromatic rings. The fraction of sp³-hybridized carbons (Fsp3) is 0.559. The van der Waals surface area contributed by atoms with Crippen LogP contribution in [0.1, 0.15) is 57.1 Å². The predicted molar refractivity (Wildman–Crippen MR) is 170 cm³/mol. The van der Waals surface area contributed by atoms with E-state index in [0.29, 0.717) is 44.1 Å². The second kappa shape index (κ2) is 14.4. The number of likely N-dealkylation sites (tertiary alicyclic amines) is 1. The number of carbonyl (C=O) groups excluding carboxylic acids is 2. The quantitative estimate of drug-likeness (QED) is 0.321. The van der Waals surface area contributed by atoms with Gasteiger partial charge in [0.1, 0.15) is 6.54 Å². The van der Waals surface area contributed by atoms with E-state index in [9.17, 15) is 19.5 Å². The van der Waals surface area contributed by atoms with Gasteiger partial charge in [-0.3, -0.25) is 19.3 Å². The summed E-state index contributed by atoms with van der Waals surface area (Å²) in [7, 11) is 6.42. The highest BCUT2D eigenvalue weighted by Gasteiger charge is 2.47. The van der Waals surface area contributed by atoms with Crippen LogP contribution in [-0.2, 0) is 20.9 Å². The van der Waals surface area contributed by atoms with E-state index in [-0.39, 0.29) is 31.1 Å². The number of carboxylic acids is 1. The van der Waals surface area contributed by atoms with Gasteiger partial charge < -0.3 is 28.9 Å². The van der Waals surface area contributed by atoms with Crippen molar-refractivity contribution in [1.82, 2.24) is 9.80 Å². The number of carboxylic acid groups (broad SMARTS) is 1. The topological polar surface area (TPSA) is 99.6 Å². The molecule has 0 aliphatic carbocycles. The van der Waals surface area contributed by atoms with Crippen LogP contribution in [0.4, 0.5) is 5.69 Å². The first-order valence-corrected chi connectivity index (χ1v) is 15.7. The van der Waals surface area contributed by atoms with Crippen molar-refractivity contribution in [2.75, 3.05) is 65.6 Å². The number of aliphatic carboxylic acids is 1. The summed E-state index contributed by atoms with van der Waals surface area (Å²) in [6.45, 7) is 8.56. The van der Waals surface area contributed by atoms with Gasteiger partial charge in [-0.15, -0.1) is 0 Å². The maximum Gasteiger partial charge on any atom is 0.308 e. The van der Waals surface area contributed by atoms with Gasteiger partial charge in [0.15, 0.2) is 11.5 Å². The van der Waals surface area contributed by atoms with Gasteiger partial charge in [0.05, 0.1) is 33.6 Å². The summed E-state index contributed by atoms with van der Waals surface area (Å²) in [5.41, 5.74) is 2.86. The van der Waals surface area contributed by atoms with E-state index >= 15 is 0 Å². The highest BCUT2D eigenvalue weighted by molar-refractivity contribution is 5.95. The van der Waals surface area contributed by atoms with Crippen LogP contribution < -0.4 is 14.4 Å². The standard InChI is InChI=1S/C34H48N4O6/c1-7-9-16-37(27-12-10-11-25(18-27)22-38(4,5)6)32(40)21-36-20-28(26-13-14-30-31(19-26)44-23-43-30)33(34(41)42)29(36)15-17-35(8-2)24(3)39/h10-14,18-19,28-29,33H,7-9,15-17,20-23H2,1-6H3/p+1/t28-,29+,33-/m1/s1. The largest absolute Gasteiger partial charge is 0.481 e. The summed E-state index contributed by atoms with van der Waals surface area (Å²) in [6, 6.07) is 13.3. The number of carbonyl (C=O) groups is 3. The second-order valence-corrected chi connectivity index (χ2v) is 13.0. The predicted octanol–water partition coefficient (Wildman–Crippen LogP) is 4.18. The molecule has 10 heteroatoms. The first kappa shape index (κ1) is 33.3. The molecule has 44 heavy (non-hydrogen) atoms. The Bertz CT molecular complexity index is 1330. The van der Waals surface area contributed by atoms with Crippen molar-refractivity contribution in [3.63, 3.8) is 0 Å². The lowest BCUT2D eigenvalue weighted by Gasteiger charge is -2.31. The highest BCUT2D eigenvalue weighted by atomic mass is 16.7. The minimum atomic E-state index is -0.908. The van der Waals surface area contributed by atoms with Crippen molar-refractivity contribution in [3.8, 4) is 11.5 Å². The van der Waals surface area contributed by atoms with Crippen LogP contribution in [0.3, 0.4) is 0 Å². The Hall–Kier alpha value is -3.63. The first-order valence-electron chi connectivity index (χ1n) is 15.7. The van der Waals surface area contributed by atoms with Gasteiger partial charge >= 0.3 is 5.97 Å². The van der Waals surface area contributed by atoms with Crippen LogP contribution >= 0.6 is 0 Å². The average Bonchev–Trinajstić information content (AvgIpc) is 3.57. The van der Waals surface area contributed by atoms with E-state index in [2.05, 4.69) is 40.2 Å². The normalized spacial score (nSPS) is 19.6. The summed E-state index contributed by atoms with van der Waals surface area (Å²) < 4.78 is 11.9. The van der Waals surface area contributed by atoms with Gasteiger partial charge in [-0.2, -0.15) is 0 Å². The summed E-state index contributed by atoms with van der Waals surface area (Å²) in [6.07, 6.45) is 2.25. The molecule has 4 rings (SSSR count). The number of benzene rings is 2. The van der Waals surface area contributed by atoms with Crippen molar-refractivity contribution in [2.24, 2.45) is 5.92 Å². The van der Waals surface area contributed by atoms with Crippen molar-refractivity contribution < 1.29 is 33.4 Å². The van der Waals surface area contributed by atoms with E-state index in [1.807, 2.05) is 47.1 Å². The number of quaternary nitrogens is 1. The maximum absolute atomic E-state index is 14.2. The molecule has 2 aliphatic heterocycles. The van der Waals surface area contributed by atoms with Crippen molar-refractivity contribution >= 4 is 23.5 Å². The maximum atomic E-state index is 14.2. The van der Waals surface area contributed by atoms with Crippen LogP contribution in [0.5, 0.6) is 11.5 Å². The van der Waals surface area contributed by atoms with Crippen molar-refractivity contribution in [2.45, 2.75) is 58.5 Å². The van der Waals surface area contributed by atoms with Gasteiger partial charge in [0.2, 0.25) is 18.6 Å². The van der Waals surface area contributed by atoms with Gasteiger partial charge in [-0.25, -0.2) is 0 Å². The number of hydrogen-bond donors (Lipinski definition) is 1. The SMILES string of the molecule is CCCCN(C(=O)CN1C[C@H](c2ccc3c(c2)OCO3)[C@@H](C(=O)O)[C@@H]1CCN(CC)C(C)=O)c1cccc(C[N+](C)(C)C)c1. The molecule has 240 valence electrons. The van der Waals surface area contributed by atoms with Crippen molar-refractivity contribution in [1.29, 1.82) is 0 Å². The molecule has 0 unspecified atom stereocenters. The lowest BCUT2D eigenvalue weighted by atomic mass is 9.84. The van der Waals surface area contributed by atoms with E-state index in [4.69, 9.17) is 9.47 Å². The molecule has 0 radical (unpaired) electrons. The molecule has 0 aromatic heterocycles. The van der Waals surface area contributed by atoms with Gasteiger partial charge in [0.25, 0.3) is 0 Å². The molecule has 0 saturated carbocycles. The van der Waals surface area contributed by atoms with Crippen molar-refractivity contribution in [3.05, 3.63) is 53.6 Å². The number of hydrogen-bond acceptors (Lipinski definition) is 6. The number of anilines is 1. The molecule has 1 N–H and O–H groups in total. The molecule has 3 atom stereocenters. The molecular formula is C34H49N4O6+. The molecule has 0 bridgehead atoms. The van der Waals surface area contributed by atoms with Gasteiger partial charge in [-0.1, -0.05) is 31.5 Å². The number of ether oxygens (including phenoxy) is 2. The Morgan fingerprint density at radius 1 is 1.02 bits per heavy atom. The molecule has 1 fully saturated rings. The third-order valence-corrected chi connectivity index (χ3v) is 8.63. The Kier molecular flexibility index (Phi) is 10.9. The molecule has 1 saturated heterocycles. The highest BCUT2D eigenvalue weighted by Crippen LogP contribution is 2.43. The zero-order valence-corrected chi connectivity index (χ0v) is 27.1.